The van der Waals surface area contributed by atoms with Gasteiger partial charge < -0.3 is 19.7 Å². The van der Waals surface area contributed by atoms with Gasteiger partial charge in [-0.25, -0.2) is 4.79 Å². The van der Waals surface area contributed by atoms with Gasteiger partial charge in [-0.05, 0) is 66.1 Å². The Kier molecular flexibility index (Phi) is 6.48. The maximum absolute atomic E-state index is 13.5. The van der Waals surface area contributed by atoms with Crippen molar-refractivity contribution in [3.8, 4) is 11.1 Å². The summed E-state index contributed by atoms with van der Waals surface area (Å²) in [6.45, 7) is 10.8. The van der Waals surface area contributed by atoms with E-state index in [1.807, 2.05) is 58.0 Å². The van der Waals surface area contributed by atoms with E-state index in [1.165, 1.54) is 0 Å². The van der Waals surface area contributed by atoms with Crippen LogP contribution in [0.25, 0.3) is 11.1 Å². The largest absolute Gasteiger partial charge is 0.479 e. The van der Waals surface area contributed by atoms with E-state index in [4.69, 9.17) is 4.74 Å². The zero-order valence-electron chi connectivity index (χ0n) is 18.5. The number of carbonyl (C=O) groups is 1. The van der Waals surface area contributed by atoms with E-state index in [9.17, 15) is 14.7 Å². The van der Waals surface area contributed by atoms with Crippen molar-refractivity contribution in [1.29, 1.82) is 0 Å². The fourth-order valence-corrected chi connectivity index (χ4v) is 4.33. The first-order chi connectivity index (χ1) is 14.1. The van der Waals surface area contributed by atoms with Gasteiger partial charge in [0.25, 0.3) is 0 Å². The van der Waals surface area contributed by atoms with Gasteiger partial charge in [-0.15, -0.1) is 0 Å². The van der Waals surface area contributed by atoms with Gasteiger partial charge in [0.05, 0.1) is 11.3 Å². The average Bonchev–Trinajstić information content (AvgIpc) is 2.70. The van der Waals surface area contributed by atoms with Crippen LogP contribution in [0.4, 0.5) is 0 Å². The van der Waals surface area contributed by atoms with Crippen LogP contribution in [0, 0.1) is 13.8 Å². The van der Waals surface area contributed by atoms with Gasteiger partial charge in [-0.1, -0.05) is 30.3 Å². The van der Waals surface area contributed by atoms with Crippen LogP contribution in [0.1, 0.15) is 62.7 Å². The number of carboxylic acid groups (broad SMARTS) is 1. The predicted molar refractivity (Wildman–Crippen MR) is 118 cm³/mol. The summed E-state index contributed by atoms with van der Waals surface area (Å²) in [6.07, 6.45) is 0.523. The number of aliphatic carboxylic acids is 1. The highest BCUT2D eigenvalue weighted by Crippen LogP contribution is 2.34. The molecule has 6 nitrogen and oxygen atoms in total. The fourth-order valence-electron chi connectivity index (χ4n) is 4.33. The van der Waals surface area contributed by atoms with Crippen molar-refractivity contribution < 1.29 is 14.6 Å². The Morgan fingerprint density at radius 3 is 2.30 bits per heavy atom. The molecular formula is C24H32N2O4. The number of hydrogen-bond acceptors (Lipinski definition) is 4. The third-order valence-electron chi connectivity index (χ3n) is 5.61. The maximum Gasteiger partial charge on any atom is 0.339 e. The number of carboxylic acids is 1. The molecule has 1 atom stereocenters. The quantitative estimate of drug-likeness (QED) is 0.776. The number of pyridine rings is 1. The van der Waals surface area contributed by atoms with Crippen LogP contribution < -0.4 is 10.7 Å². The van der Waals surface area contributed by atoms with Crippen LogP contribution in [0.15, 0.2) is 35.1 Å². The Morgan fingerprint density at radius 1 is 1.17 bits per heavy atom. The molecule has 1 unspecified atom stereocenters. The molecule has 0 radical (unpaired) electrons. The third kappa shape index (κ3) is 4.50. The Balaban J connectivity index is 2.33. The molecule has 0 saturated carbocycles. The van der Waals surface area contributed by atoms with Crippen LogP contribution in [0.3, 0.4) is 0 Å². The number of aromatic nitrogens is 1. The second kappa shape index (κ2) is 8.74. The molecule has 0 bridgehead atoms. The van der Waals surface area contributed by atoms with E-state index >= 15 is 0 Å². The Hall–Kier alpha value is -2.44. The molecular weight excluding hydrogens is 380 g/mol. The molecule has 2 heterocycles. The maximum atomic E-state index is 13.5. The molecule has 0 aliphatic carbocycles. The lowest BCUT2D eigenvalue weighted by Gasteiger charge is -2.35. The van der Waals surface area contributed by atoms with Crippen LogP contribution in [-0.2, 0) is 9.53 Å². The fraction of sp³-hybridized carbons (Fsp3) is 0.500. The van der Waals surface area contributed by atoms with Gasteiger partial charge in [0.2, 0.25) is 0 Å². The molecule has 162 valence electrons. The van der Waals surface area contributed by atoms with Crippen molar-refractivity contribution in [3.05, 3.63) is 57.5 Å². The molecule has 0 amide bonds. The number of nitrogens with one attached hydrogen (secondary N) is 1. The van der Waals surface area contributed by atoms with Crippen molar-refractivity contribution >= 4 is 5.97 Å². The topological polar surface area (TPSA) is 80.6 Å². The van der Waals surface area contributed by atoms with Gasteiger partial charge >= 0.3 is 5.97 Å². The van der Waals surface area contributed by atoms with E-state index in [0.29, 0.717) is 16.8 Å². The summed E-state index contributed by atoms with van der Waals surface area (Å²) in [5, 5.41) is 13.4. The van der Waals surface area contributed by atoms with Crippen molar-refractivity contribution in [2.75, 3.05) is 13.1 Å². The summed E-state index contributed by atoms with van der Waals surface area (Å²) >= 11 is 0. The molecule has 1 fully saturated rings. The van der Waals surface area contributed by atoms with Gasteiger partial charge in [0.15, 0.2) is 11.5 Å². The minimum atomic E-state index is -1.21. The van der Waals surface area contributed by atoms with Gasteiger partial charge in [-0.2, -0.15) is 0 Å². The number of ether oxygens (including phenoxy) is 1. The van der Waals surface area contributed by atoms with Gasteiger partial charge in [0, 0.05) is 22.9 Å². The lowest BCUT2D eigenvalue weighted by atomic mass is 9.95. The summed E-state index contributed by atoms with van der Waals surface area (Å²) in [5.74, 6) is -1.08. The standard InChI is InChI=1S/C24H32N2O4/c1-15-20(22(23(28)29)30-24(3,4)5)26(18-11-13-25-14-12-18)16(2)19(21(15)27)17-9-7-6-8-10-17/h6-10,18,22,25H,11-14H2,1-5H3,(H,28,29). The summed E-state index contributed by atoms with van der Waals surface area (Å²) in [5.41, 5.74) is 2.37. The first-order valence-electron chi connectivity index (χ1n) is 10.5. The molecule has 1 aromatic heterocycles. The van der Waals surface area contributed by atoms with Gasteiger partial charge in [-0.3, -0.25) is 4.79 Å². The molecule has 1 aliphatic heterocycles. The number of rotatable bonds is 5. The summed E-state index contributed by atoms with van der Waals surface area (Å²) in [6, 6.07) is 9.70. The number of nitrogens with zero attached hydrogens (tertiary/aromatic N) is 1. The van der Waals surface area contributed by atoms with Crippen LogP contribution in [0.2, 0.25) is 0 Å². The van der Waals surface area contributed by atoms with E-state index in [1.54, 1.807) is 6.92 Å². The molecule has 3 rings (SSSR count). The highest BCUT2D eigenvalue weighted by Gasteiger charge is 2.35. The third-order valence-corrected chi connectivity index (χ3v) is 5.61. The van der Waals surface area contributed by atoms with E-state index in [2.05, 4.69) is 9.88 Å². The molecule has 1 aromatic carbocycles. The predicted octanol–water partition coefficient (Wildman–Crippen LogP) is 4.00. The Labute approximate surface area is 177 Å². The lowest BCUT2D eigenvalue weighted by Crippen LogP contribution is -2.37. The number of piperidine rings is 1. The average molecular weight is 413 g/mol. The zero-order valence-corrected chi connectivity index (χ0v) is 18.5. The molecule has 2 aromatic rings. The molecule has 1 saturated heterocycles. The van der Waals surface area contributed by atoms with Crippen LogP contribution >= 0.6 is 0 Å². The first kappa shape index (κ1) is 22.2. The van der Waals surface area contributed by atoms with Crippen molar-refractivity contribution in [2.24, 2.45) is 0 Å². The van der Waals surface area contributed by atoms with E-state index < -0.39 is 17.7 Å². The number of benzene rings is 1. The second-order valence-corrected chi connectivity index (χ2v) is 8.97. The minimum absolute atomic E-state index is 0.105. The molecule has 0 spiro atoms. The normalized spacial score (nSPS) is 16.4. The molecule has 6 heteroatoms. The Morgan fingerprint density at radius 2 is 1.77 bits per heavy atom. The molecule has 30 heavy (non-hydrogen) atoms. The van der Waals surface area contributed by atoms with E-state index in [-0.39, 0.29) is 11.5 Å². The lowest BCUT2D eigenvalue weighted by molar-refractivity contribution is -0.161. The summed E-state index contributed by atoms with van der Waals surface area (Å²) in [7, 11) is 0. The molecule has 2 N–H and O–H groups in total. The summed E-state index contributed by atoms with van der Waals surface area (Å²) < 4.78 is 8.05. The van der Waals surface area contributed by atoms with Crippen molar-refractivity contribution in [2.45, 2.75) is 65.2 Å². The number of hydrogen-bond donors (Lipinski definition) is 2. The first-order valence-corrected chi connectivity index (χ1v) is 10.5. The molecule has 1 aliphatic rings. The van der Waals surface area contributed by atoms with Crippen LogP contribution in [-0.4, -0.2) is 34.3 Å². The summed E-state index contributed by atoms with van der Waals surface area (Å²) in [4.78, 5) is 25.8. The Bertz CT molecular complexity index is 967. The second-order valence-electron chi connectivity index (χ2n) is 8.97. The zero-order chi connectivity index (χ0) is 22.1. The highest BCUT2D eigenvalue weighted by molar-refractivity contribution is 5.76. The van der Waals surface area contributed by atoms with Crippen molar-refractivity contribution in [3.63, 3.8) is 0 Å². The van der Waals surface area contributed by atoms with Crippen molar-refractivity contribution in [1.82, 2.24) is 9.88 Å². The van der Waals surface area contributed by atoms with E-state index in [0.717, 1.165) is 37.2 Å². The monoisotopic (exact) mass is 412 g/mol. The minimum Gasteiger partial charge on any atom is -0.479 e. The van der Waals surface area contributed by atoms with Crippen LogP contribution in [0.5, 0.6) is 0 Å². The highest BCUT2D eigenvalue weighted by atomic mass is 16.5. The smallest absolute Gasteiger partial charge is 0.339 e. The SMILES string of the molecule is Cc1c(C(OC(C)(C)C)C(=O)O)n(C2CCNCC2)c(C)c(-c2ccccc2)c1=O. The van der Waals surface area contributed by atoms with Gasteiger partial charge in [0.1, 0.15) is 0 Å².